The number of benzene rings is 2. The molecule has 0 spiro atoms. The van der Waals surface area contributed by atoms with Crippen molar-refractivity contribution in [2.24, 2.45) is 0 Å². The van der Waals surface area contributed by atoms with Gasteiger partial charge in [-0.15, -0.1) is 11.3 Å². The van der Waals surface area contributed by atoms with Crippen LogP contribution in [-0.4, -0.2) is 30.7 Å². The molecule has 3 rings (SSSR count). The van der Waals surface area contributed by atoms with Gasteiger partial charge in [-0.3, -0.25) is 4.72 Å². The predicted molar refractivity (Wildman–Crippen MR) is 101 cm³/mol. The molecule has 0 bridgehead atoms. The van der Waals surface area contributed by atoms with Crippen LogP contribution in [0.15, 0.2) is 45.6 Å². The average molecular weight is 415 g/mol. The van der Waals surface area contributed by atoms with Crippen LogP contribution < -0.4 is 4.72 Å². The number of aromatic nitrogens is 1. The zero-order chi connectivity index (χ0) is 18.2. The van der Waals surface area contributed by atoms with Gasteiger partial charge in [0.05, 0.1) is 31.4 Å². The van der Waals surface area contributed by atoms with E-state index in [1.165, 1.54) is 35.2 Å². The maximum atomic E-state index is 12.5. The van der Waals surface area contributed by atoms with E-state index >= 15 is 0 Å². The van der Waals surface area contributed by atoms with Crippen molar-refractivity contribution in [1.29, 1.82) is 0 Å². The number of hydrogen-bond acceptors (Lipinski definition) is 6. The number of carbonyl (C=O) groups is 1. The summed E-state index contributed by atoms with van der Waals surface area (Å²) in [6.07, 6.45) is 1.92. The molecule has 0 aliphatic heterocycles. The average Bonchev–Trinajstić information content (AvgIpc) is 2.96. The summed E-state index contributed by atoms with van der Waals surface area (Å²) in [6, 6.07) is 8.57. The van der Waals surface area contributed by atoms with Crippen LogP contribution in [0.5, 0.6) is 0 Å². The number of anilines is 1. The quantitative estimate of drug-likeness (QED) is 0.608. The van der Waals surface area contributed by atoms with Gasteiger partial charge in [-0.05, 0) is 42.7 Å². The Kier molecular flexibility index (Phi) is 4.92. The number of nitrogens with zero attached hydrogens (tertiary/aromatic N) is 1. The fourth-order valence-corrected chi connectivity index (χ4v) is 4.91. The third-order valence-electron chi connectivity index (χ3n) is 3.27. The van der Waals surface area contributed by atoms with E-state index in [-0.39, 0.29) is 15.5 Å². The van der Waals surface area contributed by atoms with Crippen LogP contribution >= 0.6 is 34.7 Å². The van der Waals surface area contributed by atoms with Gasteiger partial charge in [-0.1, -0.05) is 23.4 Å². The summed E-state index contributed by atoms with van der Waals surface area (Å²) >= 11 is 8.76. The molecule has 2 aromatic carbocycles. The van der Waals surface area contributed by atoms with Gasteiger partial charge in [0, 0.05) is 0 Å². The summed E-state index contributed by atoms with van der Waals surface area (Å²) in [4.78, 5) is 15.3. The first-order chi connectivity index (χ1) is 11.8. The second-order valence-corrected chi connectivity index (χ2v) is 9.09. The van der Waals surface area contributed by atoms with E-state index in [2.05, 4.69) is 9.71 Å². The van der Waals surface area contributed by atoms with Crippen molar-refractivity contribution in [3.63, 3.8) is 0 Å². The first-order valence-corrected chi connectivity index (χ1v) is 10.7. The molecule has 1 aromatic heterocycles. The number of carboxylic acid groups (broad SMARTS) is 1. The minimum absolute atomic E-state index is 0.0258. The number of sulfonamides is 1. The topological polar surface area (TPSA) is 96.4 Å². The first kappa shape index (κ1) is 18.0. The standard InChI is InChI=1S/C15H11ClN2O4S3/c1-23-15-17-12-5-2-8(6-13(12)24-15)18-25(21,22)9-3-4-11(16)10(7-9)14(19)20/h2-7,18H,1H3,(H,19,20). The van der Waals surface area contributed by atoms with Crippen LogP contribution in [0, 0.1) is 0 Å². The first-order valence-electron chi connectivity index (χ1n) is 6.80. The van der Waals surface area contributed by atoms with Gasteiger partial charge in [0.1, 0.15) is 0 Å². The van der Waals surface area contributed by atoms with Crippen LogP contribution in [-0.2, 0) is 10.0 Å². The van der Waals surface area contributed by atoms with Crippen molar-refractivity contribution < 1.29 is 18.3 Å². The zero-order valence-corrected chi connectivity index (χ0v) is 15.9. The van der Waals surface area contributed by atoms with E-state index in [4.69, 9.17) is 16.7 Å². The van der Waals surface area contributed by atoms with Gasteiger partial charge in [0.25, 0.3) is 10.0 Å². The maximum absolute atomic E-state index is 12.5. The number of fused-ring (bicyclic) bond motifs is 1. The molecule has 1 heterocycles. The lowest BCUT2D eigenvalue weighted by Crippen LogP contribution is -2.13. The van der Waals surface area contributed by atoms with Crippen LogP contribution in [0.3, 0.4) is 0 Å². The lowest BCUT2D eigenvalue weighted by atomic mass is 10.2. The highest BCUT2D eigenvalue weighted by Crippen LogP contribution is 2.31. The molecule has 130 valence electrons. The molecule has 0 fully saturated rings. The molecule has 0 unspecified atom stereocenters. The van der Waals surface area contributed by atoms with E-state index in [0.29, 0.717) is 5.69 Å². The van der Waals surface area contributed by atoms with E-state index in [0.717, 1.165) is 20.6 Å². The van der Waals surface area contributed by atoms with E-state index in [1.807, 2.05) is 6.26 Å². The van der Waals surface area contributed by atoms with Gasteiger partial charge in [0.2, 0.25) is 0 Å². The summed E-state index contributed by atoms with van der Waals surface area (Å²) in [6.45, 7) is 0. The number of thiazole rings is 1. The Labute approximate surface area is 156 Å². The van der Waals surface area contributed by atoms with Gasteiger partial charge < -0.3 is 5.11 Å². The minimum atomic E-state index is -3.95. The molecular formula is C15H11ClN2O4S3. The predicted octanol–water partition coefficient (Wildman–Crippen LogP) is 4.17. The number of aromatic carboxylic acids is 1. The number of hydrogen-bond donors (Lipinski definition) is 2. The molecule has 0 atom stereocenters. The minimum Gasteiger partial charge on any atom is -0.478 e. The van der Waals surface area contributed by atoms with Crippen LogP contribution in [0.25, 0.3) is 10.2 Å². The molecule has 0 saturated carbocycles. The van der Waals surface area contributed by atoms with Crippen LogP contribution in [0.1, 0.15) is 10.4 Å². The fourth-order valence-electron chi connectivity index (χ4n) is 2.10. The Balaban J connectivity index is 1.96. The monoisotopic (exact) mass is 414 g/mol. The van der Waals surface area contributed by atoms with Gasteiger partial charge >= 0.3 is 5.97 Å². The molecule has 0 aliphatic carbocycles. The van der Waals surface area contributed by atoms with Crippen molar-refractivity contribution in [2.45, 2.75) is 9.24 Å². The SMILES string of the molecule is CSc1nc2ccc(NS(=O)(=O)c3ccc(Cl)c(C(=O)O)c3)cc2s1. The molecule has 2 N–H and O–H groups in total. The third-order valence-corrected chi connectivity index (χ3v) is 6.99. The lowest BCUT2D eigenvalue weighted by molar-refractivity contribution is 0.0697. The summed E-state index contributed by atoms with van der Waals surface area (Å²) in [5, 5.41) is 9.06. The largest absolute Gasteiger partial charge is 0.478 e. The van der Waals surface area contributed by atoms with E-state index in [9.17, 15) is 13.2 Å². The summed E-state index contributed by atoms with van der Waals surface area (Å²) in [5.41, 5.74) is 0.889. The third kappa shape index (κ3) is 3.74. The maximum Gasteiger partial charge on any atom is 0.337 e. The molecular weight excluding hydrogens is 404 g/mol. The smallest absolute Gasteiger partial charge is 0.337 e. The van der Waals surface area contributed by atoms with Crippen molar-refractivity contribution in [3.05, 3.63) is 47.0 Å². The Bertz CT molecular complexity index is 1080. The van der Waals surface area contributed by atoms with Crippen molar-refractivity contribution >= 4 is 66.6 Å². The fraction of sp³-hybridized carbons (Fsp3) is 0.0667. The number of rotatable bonds is 5. The lowest BCUT2D eigenvalue weighted by Gasteiger charge is -2.09. The Morgan fingerprint density at radius 1 is 1.28 bits per heavy atom. The van der Waals surface area contributed by atoms with Crippen LogP contribution in [0.4, 0.5) is 5.69 Å². The Morgan fingerprint density at radius 3 is 2.72 bits per heavy atom. The molecule has 3 aromatic rings. The van der Waals surface area contributed by atoms with Gasteiger partial charge in [0.15, 0.2) is 4.34 Å². The second kappa shape index (κ2) is 6.83. The zero-order valence-electron chi connectivity index (χ0n) is 12.7. The molecule has 10 heteroatoms. The Hall–Kier alpha value is -1.81. The van der Waals surface area contributed by atoms with Crippen molar-refractivity contribution in [3.8, 4) is 0 Å². The van der Waals surface area contributed by atoms with Gasteiger partial charge in [-0.2, -0.15) is 0 Å². The summed E-state index contributed by atoms with van der Waals surface area (Å²) < 4.78 is 29.2. The van der Waals surface area contributed by atoms with Crippen molar-refractivity contribution in [1.82, 2.24) is 4.98 Å². The van der Waals surface area contributed by atoms with E-state index in [1.54, 1.807) is 18.2 Å². The number of carboxylic acids is 1. The normalized spacial score (nSPS) is 11.6. The number of thioether (sulfide) groups is 1. The summed E-state index contributed by atoms with van der Waals surface area (Å²) in [7, 11) is -3.95. The highest BCUT2D eigenvalue weighted by atomic mass is 35.5. The highest BCUT2D eigenvalue weighted by Gasteiger charge is 2.19. The molecule has 0 saturated heterocycles. The second-order valence-electron chi connectivity index (χ2n) is 4.92. The number of halogens is 1. The summed E-state index contributed by atoms with van der Waals surface area (Å²) in [5.74, 6) is -1.29. The molecule has 0 amide bonds. The molecule has 25 heavy (non-hydrogen) atoms. The molecule has 0 aliphatic rings. The highest BCUT2D eigenvalue weighted by molar-refractivity contribution is 8.00. The van der Waals surface area contributed by atoms with E-state index < -0.39 is 16.0 Å². The Morgan fingerprint density at radius 2 is 2.04 bits per heavy atom. The van der Waals surface area contributed by atoms with Crippen LogP contribution in [0.2, 0.25) is 5.02 Å². The number of nitrogens with one attached hydrogen (secondary N) is 1. The molecule has 6 nitrogen and oxygen atoms in total. The molecule has 0 radical (unpaired) electrons. The van der Waals surface area contributed by atoms with Gasteiger partial charge in [-0.25, -0.2) is 18.2 Å². The van der Waals surface area contributed by atoms with Crippen molar-refractivity contribution in [2.75, 3.05) is 11.0 Å².